The van der Waals surface area contributed by atoms with Crippen LogP contribution in [0.2, 0.25) is 0 Å². The zero-order valence-corrected chi connectivity index (χ0v) is 15.4. The molecule has 3 N–H and O–H groups in total. The minimum atomic E-state index is -4.73. The van der Waals surface area contributed by atoms with Gasteiger partial charge in [-0.15, -0.1) is 13.2 Å². The fourth-order valence-electron chi connectivity index (χ4n) is 3.24. The van der Waals surface area contributed by atoms with Crippen LogP contribution in [0.25, 0.3) is 0 Å². The van der Waals surface area contributed by atoms with Gasteiger partial charge < -0.3 is 20.7 Å². The van der Waals surface area contributed by atoms with E-state index in [1.807, 2.05) is 23.1 Å². The lowest BCUT2D eigenvalue weighted by atomic mass is 9.92. The number of hydrogen-bond donors (Lipinski definition) is 2. The molecule has 0 aliphatic carbocycles. The van der Waals surface area contributed by atoms with Crippen LogP contribution in [-0.2, 0) is 10.3 Å². The number of nitrogens with zero attached hydrogens (tertiary/aromatic N) is 1. The average Bonchev–Trinajstić information content (AvgIpc) is 3.10. The largest absolute Gasteiger partial charge is 0.573 e. The highest BCUT2D eigenvalue weighted by atomic mass is 19.4. The van der Waals surface area contributed by atoms with Gasteiger partial charge in [0.15, 0.2) is 0 Å². The molecule has 8 heteroatoms. The first kappa shape index (κ1) is 20.0. The number of halogens is 3. The fraction of sp³-hybridized carbons (Fsp3) is 0.350. The van der Waals surface area contributed by atoms with Crippen molar-refractivity contribution in [1.29, 1.82) is 0 Å². The van der Waals surface area contributed by atoms with Gasteiger partial charge in [-0.2, -0.15) is 0 Å². The molecule has 0 saturated carbocycles. The van der Waals surface area contributed by atoms with Crippen molar-refractivity contribution in [2.75, 3.05) is 18.0 Å². The second-order valence-electron chi connectivity index (χ2n) is 7.02. The Morgan fingerprint density at radius 1 is 1.18 bits per heavy atom. The molecule has 1 aliphatic rings. The maximum atomic E-state index is 12.7. The first-order valence-corrected chi connectivity index (χ1v) is 8.91. The summed E-state index contributed by atoms with van der Waals surface area (Å²) in [6, 6.07) is 14.8. The van der Waals surface area contributed by atoms with Crippen molar-refractivity contribution in [1.82, 2.24) is 5.32 Å². The van der Waals surface area contributed by atoms with Crippen molar-refractivity contribution in [3.8, 4) is 5.75 Å². The zero-order chi connectivity index (χ0) is 20.4. The third-order valence-corrected chi connectivity index (χ3v) is 4.78. The number of carbonyl (C=O) groups excluding carboxylic acids is 1. The first-order chi connectivity index (χ1) is 13.1. The Hall–Kier alpha value is -2.74. The van der Waals surface area contributed by atoms with Gasteiger partial charge in [-0.25, -0.2) is 0 Å². The zero-order valence-electron chi connectivity index (χ0n) is 15.4. The molecule has 1 heterocycles. The van der Waals surface area contributed by atoms with Gasteiger partial charge in [0.1, 0.15) is 11.3 Å². The maximum absolute atomic E-state index is 12.7. The van der Waals surface area contributed by atoms with Gasteiger partial charge in [0.05, 0.1) is 0 Å². The van der Waals surface area contributed by atoms with Crippen LogP contribution in [0.15, 0.2) is 54.6 Å². The standard InChI is InChI=1S/C20H22F3N3O2/c1-19(24,14-6-3-2-4-7-14)18(27)25-15-10-11-26(13-15)16-8-5-9-17(12-16)28-20(21,22)23/h2-9,12,15H,10-11,13,24H2,1H3,(H,25,27). The normalized spacial score (nSPS) is 19.2. The van der Waals surface area contributed by atoms with Crippen LogP contribution in [-0.4, -0.2) is 31.4 Å². The van der Waals surface area contributed by atoms with Gasteiger partial charge in [0.2, 0.25) is 5.91 Å². The highest BCUT2D eigenvalue weighted by Crippen LogP contribution is 2.29. The lowest BCUT2D eigenvalue weighted by molar-refractivity contribution is -0.274. The van der Waals surface area contributed by atoms with Crippen molar-refractivity contribution in [3.05, 3.63) is 60.2 Å². The van der Waals surface area contributed by atoms with E-state index in [1.165, 1.54) is 18.2 Å². The molecule has 2 aromatic rings. The van der Waals surface area contributed by atoms with E-state index in [0.29, 0.717) is 30.8 Å². The minimum Gasteiger partial charge on any atom is -0.406 e. The molecule has 2 atom stereocenters. The molecule has 1 saturated heterocycles. The molecule has 2 unspecified atom stereocenters. The summed E-state index contributed by atoms with van der Waals surface area (Å²) in [5, 5.41) is 2.95. The molecule has 0 aromatic heterocycles. The smallest absolute Gasteiger partial charge is 0.406 e. The molecule has 3 rings (SSSR count). The Bertz CT molecular complexity index is 825. The third-order valence-electron chi connectivity index (χ3n) is 4.78. The van der Waals surface area contributed by atoms with Gasteiger partial charge in [0, 0.05) is 30.9 Å². The van der Waals surface area contributed by atoms with Gasteiger partial charge in [0.25, 0.3) is 0 Å². The summed E-state index contributed by atoms with van der Waals surface area (Å²) in [4.78, 5) is 14.6. The molecule has 2 aromatic carbocycles. The van der Waals surface area contributed by atoms with Crippen LogP contribution in [0.5, 0.6) is 5.75 Å². The number of benzene rings is 2. The molecule has 150 valence electrons. The van der Waals surface area contributed by atoms with Gasteiger partial charge in [-0.1, -0.05) is 36.4 Å². The van der Waals surface area contributed by atoms with Crippen molar-refractivity contribution in [2.24, 2.45) is 5.73 Å². The van der Waals surface area contributed by atoms with E-state index < -0.39 is 11.9 Å². The van der Waals surface area contributed by atoms with Gasteiger partial charge >= 0.3 is 6.36 Å². The fourth-order valence-corrected chi connectivity index (χ4v) is 3.24. The van der Waals surface area contributed by atoms with Gasteiger partial charge in [-0.05, 0) is 31.0 Å². The average molecular weight is 393 g/mol. The number of anilines is 1. The first-order valence-electron chi connectivity index (χ1n) is 8.91. The number of carbonyl (C=O) groups is 1. The summed E-state index contributed by atoms with van der Waals surface area (Å²) in [5.41, 5.74) is 6.38. The molecule has 5 nitrogen and oxygen atoms in total. The van der Waals surface area contributed by atoms with E-state index in [9.17, 15) is 18.0 Å². The summed E-state index contributed by atoms with van der Waals surface area (Å²) >= 11 is 0. The van der Waals surface area contributed by atoms with Crippen LogP contribution in [0.4, 0.5) is 18.9 Å². The van der Waals surface area contributed by atoms with Crippen LogP contribution in [0.1, 0.15) is 18.9 Å². The van der Waals surface area contributed by atoms with Crippen LogP contribution in [0.3, 0.4) is 0 Å². The van der Waals surface area contributed by atoms with E-state index in [4.69, 9.17) is 5.73 Å². The predicted molar refractivity (Wildman–Crippen MR) is 99.9 cm³/mol. The second-order valence-corrected chi connectivity index (χ2v) is 7.02. The summed E-state index contributed by atoms with van der Waals surface area (Å²) in [6.07, 6.45) is -4.07. The number of nitrogens with two attached hydrogens (primary N) is 1. The van der Waals surface area contributed by atoms with E-state index in [0.717, 1.165) is 0 Å². The molecule has 0 radical (unpaired) electrons. The van der Waals surface area contributed by atoms with E-state index in [-0.39, 0.29) is 17.7 Å². The van der Waals surface area contributed by atoms with Crippen LogP contribution >= 0.6 is 0 Å². The summed E-state index contributed by atoms with van der Waals surface area (Å²) in [7, 11) is 0. The lowest BCUT2D eigenvalue weighted by Gasteiger charge is -2.26. The molecule has 0 bridgehead atoms. The maximum Gasteiger partial charge on any atom is 0.573 e. The van der Waals surface area contributed by atoms with Crippen molar-refractivity contribution in [2.45, 2.75) is 31.3 Å². The molecular formula is C20H22F3N3O2. The SMILES string of the molecule is CC(N)(C(=O)NC1CCN(c2cccc(OC(F)(F)F)c2)C1)c1ccccc1. The number of amides is 1. The highest BCUT2D eigenvalue weighted by Gasteiger charge is 2.34. The number of alkyl halides is 3. The summed E-state index contributed by atoms with van der Waals surface area (Å²) in [5.74, 6) is -0.559. The Labute approximate surface area is 161 Å². The Kier molecular flexibility index (Phi) is 5.51. The van der Waals surface area contributed by atoms with E-state index >= 15 is 0 Å². The monoisotopic (exact) mass is 393 g/mol. The van der Waals surface area contributed by atoms with Crippen LogP contribution in [0, 0.1) is 0 Å². The van der Waals surface area contributed by atoms with Crippen LogP contribution < -0.4 is 20.7 Å². The van der Waals surface area contributed by atoms with E-state index in [1.54, 1.807) is 25.1 Å². The number of hydrogen-bond acceptors (Lipinski definition) is 4. The quantitative estimate of drug-likeness (QED) is 0.819. The predicted octanol–water partition coefficient (Wildman–Crippen LogP) is 3.15. The van der Waals surface area contributed by atoms with Crippen molar-refractivity contribution >= 4 is 11.6 Å². The summed E-state index contributed by atoms with van der Waals surface area (Å²) < 4.78 is 41.2. The number of nitrogens with one attached hydrogen (secondary N) is 1. The molecular weight excluding hydrogens is 371 g/mol. The third kappa shape index (κ3) is 4.75. The Morgan fingerprint density at radius 2 is 1.89 bits per heavy atom. The van der Waals surface area contributed by atoms with Crippen molar-refractivity contribution in [3.63, 3.8) is 0 Å². The molecule has 1 aliphatic heterocycles. The molecule has 1 fully saturated rings. The minimum absolute atomic E-state index is 0.147. The molecule has 1 amide bonds. The summed E-state index contributed by atoms with van der Waals surface area (Å²) in [6.45, 7) is 2.74. The topological polar surface area (TPSA) is 67.6 Å². The molecule has 28 heavy (non-hydrogen) atoms. The Balaban J connectivity index is 1.63. The Morgan fingerprint density at radius 3 is 2.57 bits per heavy atom. The second kappa shape index (κ2) is 7.71. The van der Waals surface area contributed by atoms with Gasteiger partial charge in [-0.3, -0.25) is 4.79 Å². The highest BCUT2D eigenvalue weighted by molar-refractivity contribution is 5.87. The lowest BCUT2D eigenvalue weighted by Crippen LogP contribution is -2.52. The molecule has 0 spiro atoms. The number of rotatable bonds is 5. The number of ether oxygens (including phenoxy) is 1. The van der Waals surface area contributed by atoms with E-state index in [2.05, 4.69) is 10.1 Å². The van der Waals surface area contributed by atoms with Crippen molar-refractivity contribution < 1.29 is 22.7 Å².